The molecule has 3 rings (SSSR count). The first-order valence-electron chi connectivity index (χ1n) is 6.91. The quantitative estimate of drug-likeness (QED) is 0.906. The van der Waals surface area contributed by atoms with E-state index in [2.05, 4.69) is 15.6 Å². The summed E-state index contributed by atoms with van der Waals surface area (Å²) in [6.07, 6.45) is 5.39. The molecule has 0 radical (unpaired) electrons. The van der Waals surface area contributed by atoms with E-state index < -0.39 is 0 Å². The van der Waals surface area contributed by atoms with Crippen molar-refractivity contribution in [3.8, 4) is 0 Å². The first-order chi connectivity index (χ1) is 10.1. The first-order valence-corrected chi connectivity index (χ1v) is 7.29. The van der Waals surface area contributed by atoms with E-state index in [1.165, 1.54) is 0 Å². The van der Waals surface area contributed by atoms with Gasteiger partial charge in [0.1, 0.15) is 0 Å². The number of aryl methyl sites for hydroxylation is 1. The van der Waals surface area contributed by atoms with Crippen molar-refractivity contribution in [3.05, 3.63) is 52.8 Å². The normalized spacial score (nSPS) is 13.8. The second-order valence-electron chi connectivity index (χ2n) is 5.30. The number of carbonyl (C=O) groups is 1. The highest BCUT2D eigenvalue weighted by atomic mass is 35.5. The second kappa shape index (κ2) is 5.74. The summed E-state index contributed by atoms with van der Waals surface area (Å²) in [5.74, 6) is -0.0735. The van der Waals surface area contributed by atoms with Crippen LogP contribution in [-0.4, -0.2) is 16.9 Å². The maximum absolute atomic E-state index is 12.0. The molecule has 4 nitrogen and oxygen atoms in total. The number of nitrogens with one attached hydrogen (secondary N) is 2. The highest BCUT2D eigenvalue weighted by Crippen LogP contribution is 2.24. The van der Waals surface area contributed by atoms with Gasteiger partial charge in [0.05, 0.1) is 17.4 Å². The van der Waals surface area contributed by atoms with Crippen molar-refractivity contribution >= 4 is 28.9 Å². The van der Waals surface area contributed by atoms with Crippen LogP contribution in [0.3, 0.4) is 0 Å². The van der Waals surface area contributed by atoms with Crippen molar-refractivity contribution in [2.24, 2.45) is 0 Å². The predicted molar refractivity (Wildman–Crippen MR) is 84.2 cm³/mol. The number of aromatic nitrogens is 1. The monoisotopic (exact) mass is 301 g/mol. The van der Waals surface area contributed by atoms with Gasteiger partial charge in [0.15, 0.2) is 0 Å². The van der Waals surface area contributed by atoms with Gasteiger partial charge in [-0.1, -0.05) is 17.7 Å². The number of benzene rings is 1. The van der Waals surface area contributed by atoms with E-state index in [0.29, 0.717) is 16.6 Å². The molecule has 1 heterocycles. The average molecular weight is 302 g/mol. The molecule has 0 spiro atoms. The maximum Gasteiger partial charge on any atom is 0.253 e. The molecular formula is C16H16ClN3O. The molecule has 1 aromatic carbocycles. The molecule has 1 aliphatic rings. The van der Waals surface area contributed by atoms with Crippen molar-refractivity contribution in [2.45, 2.75) is 25.8 Å². The molecule has 1 aliphatic carbocycles. The highest BCUT2D eigenvalue weighted by molar-refractivity contribution is 6.31. The first kappa shape index (κ1) is 13.9. The lowest BCUT2D eigenvalue weighted by Gasteiger charge is -2.09. The van der Waals surface area contributed by atoms with Crippen molar-refractivity contribution in [3.63, 3.8) is 0 Å². The summed E-state index contributed by atoms with van der Waals surface area (Å²) in [5, 5.41) is 6.86. The molecule has 108 valence electrons. The fourth-order valence-electron chi connectivity index (χ4n) is 1.97. The van der Waals surface area contributed by atoms with Crippen LogP contribution in [0.15, 0.2) is 36.7 Å². The summed E-state index contributed by atoms with van der Waals surface area (Å²) in [7, 11) is 0. The summed E-state index contributed by atoms with van der Waals surface area (Å²) in [4.78, 5) is 16.1. The lowest BCUT2D eigenvalue weighted by Crippen LogP contribution is -2.25. The third-order valence-corrected chi connectivity index (χ3v) is 3.78. The number of halogens is 1. The van der Waals surface area contributed by atoms with Gasteiger partial charge in [0.25, 0.3) is 5.91 Å². The van der Waals surface area contributed by atoms with E-state index in [-0.39, 0.29) is 5.91 Å². The molecule has 1 fully saturated rings. The Balaban J connectivity index is 1.75. The van der Waals surface area contributed by atoms with E-state index >= 15 is 0 Å². The van der Waals surface area contributed by atoms with Crippen LogP contribution in [0.1, 0.15) is 28.8 Å². The molecule has 5 heteroatoms. The molecule has 1 saturated carbocycles. The van der Waals surface area contributed by atoms with Gasteiger partial charge in [-0.3, -0.25) is 9.78 Å². The van der Waals surface area contributed by atoms with Gasteiger partial charge in [-0.15, -0.1) is 0 Å². The summed E-state index contributed by atoms with van der Waals surface area (Å²) >= 11 is 6.11. The Hall–Kier alpha value is -2.07. The third kappa shape index (κ3) is 3.52. The molecular weight excluding hydrogens is 286 g/mol. The minimum absolute atomic E-state index is 0.0735. The minimum Gasteiger partial charge on any atom is -0.354 e. The predicted octanol–water partition coefficient (Wildman–Crippen LogP) is 3.68. The number of hydrogen-bond acceptors (Lipinski definition) is 3. The molecule has 1 aromatic heterocycles. The number of carbonyl (C=O) groups excluding carboxylic acids is 1. The number of hydrogen-bond donors (Lipinski definition) is 2. The van der Waals surface area contributed by atoms with Gasteiger partial charge in [0.2, 0.25) is 0 Å². The highest BCUT2D eigenvalue weighted by Gasteiger charge is 2.23. The zero-order valence-corrected chi connectivity index (χ0v) is 12.4. The molecule has 2 aromatic rings. The molecule has 0 atom stereocenters. The van der Waals surface area contributed by atoms with E-state index in [1.54, 1.807) is 18.5 Å². The lowest BCUT2D eigenvalue weighted by atomic mass is 10.2. The van der Waals surface area contributed by atoms with E-state index in [4.69, 9.17) is 11.6 Å². The summed E-state index contributed by atoms with van der Waals surface area (Å²) in [5.41, 5.74) is 3.22. The Morgan fingerprint density at radius 1 is 1.24 bits per heavy atom. The van der Waals surface area contributed by atoms with Crippen LogP contribution in [0.25, 0.3) is 0 Å². The molecule has 0 saturated heterocycles. The summed E-state index contributed by atoms with van der Waals surface area (Å²) < 4.78 is 0. The van der Waals surface area contributed by atoms with Gasteiger partial charge in [-0.25, -0.2) is 0 Å². The van der Waals surface area contributed by atoms with E-state index in [1.807, 2.05) is 25.1 Å². The molecule has 21 heavy (non-hydrogen) atoms. The lowest BCUT2D eigenvalue weighted by molar-refractivity contribution is 0.0951. The van der Waals surface area contributed by atoms with Crippen LogP contribution in [0, 0.1) is 6.92 Å². The number of pyridine rings is 1. The Kier molecular flexibility index (Phi) is 3.80. The fraction of sp³-hybridized carbons (Fsp3) is 0.250. The topological polar surface area (TPSA) is 54.0 Å². The number of rotatable bonds is 4. The molecule has 2 N–H and O–H groups in total. The fourth-order valence-corrected chi connectivity index (χ4v) is 2.15. The van der Waals surface area contributed by atoms with Gasteiger partial charge < -0.3 is 10.6 Å². The van der Waals surface area contributed by atoms with Crippen molar-refractivity contribution in [2.75, 3.05) is 5.32 Å². The summed E-state index contributed by atoms with van der Waals surface area (Å²) in [6, 6.07) is 7.87. The Bertz CT molecular complexity index is 683. The standard InChI is InChI=1S/C16H16ClN3O/c1-10-2-3-13(7-15(10)17)19-14-6-11(8-18-9-14)16(21)20-12-4-5-12/h2-3,6-9,12,19H,4-5H2,1H3,(H,20,21). The Labute approximate surface area is 128 Å². The van der Waals surface area contributed by atoms with Gasteiger partial charge in [0, 0.05) is 22.9 Å². The zero-order valence-electron chi connectivity index (χ0n) is 11.7. The van der Waals surface area contributed by atoms with Crippen LogP contribution in [-0.2, 0) is 0 Å². The third-order valence-electron chi connectivity index (χ3n) is 3.37. The van der Waals surface area contributed by atoms with E-state index in [0.717, 1.165) is 29.8 Å². The molecule has 0 aliphatic heterocycles. The Morgan fingerprint density at radius 2 is 2.05 bits per heavy atom. The van der Waals surface area contributed by atoms with Crippen molar-refractivity contribution in [1.29, 1.82) is 0 Å². The van der Waals surface area contributed by atoms with Crippen LogP contribution in [0.5, 0.6) is 0 Å². The second-order valence-corrected chi connectivity index (χ2v) is 5.71. The maximum atomic E-state index is 12.0. The molecule has 0 unspecified atom stereocenters. The van der Waals surface area contributed by atoms with Crippen LogP contribution in [0.4, 0.5) is 11.4 Å². The van der Waals surface area contributed by atoms with Crippen molar-refractivity contribution < 1.29 is 4.79 Å². The summed E-state index contributed by atoms with van der Waals surface area (Å²) in [6.45, 7) is 1.95. The van der Waals surface area contributed by atoms with Crippen LogP contribution >= 0.6 is 11.6 Å². The van der Waals surface area contributed by atoms with Gasteiger partial charge in [-0.05, 0) is 43.5 Å². The Morgan fingerprint density at radius 3 is 2.76 bits per heavy atom. The van der Waals surface area contributed by atoms with Crippen LogP contribution in [0.2, 0.25) is 5.02 Å². The van der Waals surface area contributed by atoms with Crippen LogP contribution < -0.4 is 10.6 Å². The smallest absolute Gasteiger partial charge is 0.253 e. The zero-order chi connectivity index (χ0) is 14.8. The number of nitrogens with zero attached hydrogens (tertiary/aromatic N) is 1. The number of anilines is 2. The SMILES string of the molecule is Cc1ccc(Nc2cncc(C(=O)NC3CC3)c2)cc1Cl. The van der Waals surface area contributed by atoms with Gasteiger partial charge >= 0.3 is 0 Å². The van der Waals surface area contributed by atoms with Crippen molar-refractivity contribution in [1.82, 2.24) is 10.3 Å². The number of amides is 1. The molecule has 1 amide bonds. The minimum atomic E-state index is -0.0735. The van der Waals surface area contributed by atoms with Gasteiger partial charge in [-0.2, -0.15) is 0 Å². The average Bonchev–Trinajstić information content (AvgIpc) is 3.27. The largest absolute Gasteiger partial charge is 0.354 e. The van der Waals surface area contributed by atoms with E-state index in [9.17, 15) is 4.79 Å². The molecule has 0 bridgehead atoms.